The van der Waals surface area contributed by atoms with E-state index in [4.69, 9.17) is 4.74 Å². The quantitative estimate of drug-likeness (QED) is 0.827. The third kappa shape index (κ3) is 4.63. The van der Waals surface area contributed by atoms with Crippen molar-refractivity contribution in [3.8, 4) is 0 Å². The van der Waals surface area contributed by atoms with E-state index in [-0.39, 0.29) is 24.1 Å². The van der Waals surface area contributed by atoms with Gasteiger partial charge in [0.1, 0.15) is 11.9 Å². The van der Waals surface area contributed by atoms with Gasteiger partial charge in [-0.05, 0) is 41.3 Å². The van der Waals surface area contributed by atoms with Crippen molar-refractivity contribution in [1.29, 1.82) is 0 Å². The maximum atomic E-state index is 13.8. The number of nitrogens with one attached hydrogen (secondary N) is 2. The summed E-state index contributed by atoms with van der Waals surface area (Å²) < 4.78 is 19.3. The zero-order chi connectivity index (χ0) is 20.2. The standard InChI is InChI=1S/C22H24FN3O3/c23-19-4-2-1-3-16(19)12-21(27)25-18-6-5-15-7-9-26(14-17(15)11-18)22(28)20-13-24-8-10-29-20/h1-6,11,20,24H,7-10,12-14H2,(H,25,27)/t20-/m1/s1. The molecule has 2 aliphatic rings. The molecule has 0 spiro atoms. The summed E-state index contributed by atoms with van der Waals surface area (Å²) in [6, 6.07) is 12.0. The van der Waals surface area contributed by atoms with Crippen molar-refractivity contribution >= 4 is 17.5 Å². The van der Waals surface area contributed by atoms with E-state index in [0.29, 0.717) is 37.5 Å². The molecule has 1 fully saturated rings. The Bertz CT molecular complexity index is 912. The number of hydrogen-bond donors (Lipinski definition) is 2. The molecule has 1 atom stereocenters. The molecule has 2 amide bonds. The van der Waals surface area contributed by atoms with Crippen LogP contribution in [-0.2, 0) is 33.7 Å². The first-order valence-corrected chi connectivity index (χ1v) is 9.86. The van der Waals surface area contributed by atoms with Crippen molar-refractivity contribution < 1.29 is 18.7 Å². The van der Waals surface area contributed by atoms with Gasteiger partial charge in [-0.1, -0.05) is 24.3 Å². The molecule has 0 saturated carbocycles. The molecule has 2 aromatic rings. The van der Waals surface area contributed by atoms with Gasteiger partial charge in [-0.25, -0.2) is 4.39 Å². The molecule has 2 aromatic carbocycles. The van der Waals surface area contributed by atoms with Gasteiger partial charge < -0.3 is 20.3 Å². The smallest absolute Gasteiger partial charge is 0.253 e. The highest BCUT2D eigenvalue weighted by atomic mass is 19.1. The van der Waals surface area contributed by atoms with Crippen molar-refractivity contribution in [3.05, 3.63) is 65.0 Å². The molecule has 0 aromatic heterocycles. The fraction of sp³-hybridized carbons (Fsp3) is 0.364. The van der Waals surface area contributed by atoms with Crippen LogP contribution in [-0.4, -0.2) is 49.1 Å². The Hall–Kier alpha value is -2.77. The number of nitrogens with zero attached hydrogens (tertiary/aromatic N) is 1. The van der Waals surface area contributed by atoms with E-state index >= 15 is 0 Å². The molecular weight excluding hydrogens is 373 g/mol. The van der Waals surface area contributed by atoms with Crippen LogP contribution in [0.5, 0.6) is 0 Å². The van der Waals surface area contributed by atoms with Gasteiger partial charge in [0.15, 0.2) is 0 Å². The molecule has 0 radical (unpaired) electrons. The third-order valence-corrected chi connectivity index (χ3v) is 5.33. The minimum atomic E-state index is -0.436. The predicted molar refractivity (Wildman–Crippen MR) is 107 cm³/mol. The molecule has 2 heterocycles. The SMILES string of the molecule is O=C(Cc1ccccc1F)Nc1ccc2c(c1)CN(C(=O)[C@H]1CNCCO1)CC2. The topological polar surface area (TPSA) is 70.7 Å². The van der Waals surface area contributed by atoms with E-state index in [0.717, 1.165) is 18.5 Å². The maximum Gasteiger partial charge on any atom is 0.253 e. The van der Waals surface area contributed by atoms with Crippen molar-refractivity contribution in [2.45, 2.75) is 25.5 Å². The predicted octanol–water partition coefficient (Wildman–Crippen LogP) is 1.88. The molecule has 7 heteroatoms. The van der Waals surface area contributed by atoms with E-state index in [9.17, 15) is 14.0 Å². The molecule has 2 N–H and O–H groups in total. The maximum absolute atomic E-state index is 13.8. The molecule has 0 unspecified atom stereocenters. The van der Waals surface area contributed by atoms with Crippen LogP contribution in [0.2, 0.25) is 0 Å². The minimum Gasteiger partial charge on any atom is -0.366 e. The fourth-order valence-electron chi connectivity index (χ4n) is 3.77. The van der Waals surface area contributed by atoms with Crippen LogP contribution < -0.4 is 10.6 Å². The first kappa shape index (κ1) is 19.5. The second-order valence-corrected chi connectivity index (χ2v) is 7.37. The number of morpholine rings is 1. The fourth-order valence-corrected chi connectivity index (χ4v) is 3.77. The lowest BCUT2D eigenvalue weighted by molar-refractivity contribution is -0.146. The Morgan fingerprint density at radius 1 is 1.21 bits per heavy atom. The first-order valence-electron chi connectivity index (χ1n) is 9.86. The average Bonchev–Trinajstić information content (AvgIpc) is 2.75. The summed E-state index contributed by atoms with van der Waals surface area (Å²) in [5, 5.41) is 6.01. The lowest BCUT2D eigenvalue weighted by Crippen LogP contribution is -2.50. The number of halogens is 1. The Kier molecular flexibility index (Phi) is 5.87. The van der Waals surface area contributed by atoms with E-state index in [1.165, 1.54) is 11.6 Å². The van der Waals surface area contributed by atoms with Gasteiger partial charge in [-0.2, -0.15) is 0 Å². The van der Waals surface area contributed by atoms with Gasteiger partial charge in [0, 0.05) is 31.9 Å². The monoisotopic (exact) mass is 397 g/mol. The number of carbonyl (C=O) groups excluding carboxylic acids is 2. The van der Waals surface area contributed by atoms with Crippen molar-refractivity contribution in [1.82, 2.24) is 10.2 Å². The molecule has 152 valence electrons. The number of benzene rings is 2. The molecule has 6 nitrogen and oxygen atoms in total. The van der Waals surface area contributed by atoms with Gasteiger partial charge in [-0.15, -0.1) is 0 Å². The number of rotatable bonds is 4. The second kappa shape index (κ2) is 8.71. The number of fused-ring (bicyclic) bond motifs is 1. The van der Waals surface area contributed by atoms with Crippen molar-refractivity contribution in [2.24, 2.45) is 0 Å². The third-order valence-electron chi connectivity index (χ3n) is 5.33. The lowest BCUT2D eigenvalue weighted by atomic mass is 9.98. The number of amides is 2. The van der Waals surface area contributed by atoms with Crippen molar-refractivity contribution in [3.63, 3.8) is 0 Å². The summed E-state index contributed by atoms with van der Waals surface area (Å²) in [5.74, 6) is -0.668. The van der Waals surface area contributed by atoms with E-state index < -0.39 is 6.10 Å². The molecule has 2 aliphatic heterocycles. The van der Waals surface area contributed by atoms with Crippen LogP contribution in [0.25, 0.3) is 0 Å². The number of carbonyl (C=O) groups is 2. The summed E-state index contributed by atoms with van der Waals surface area (Å²) in [5.41, 5.74) is 3.19. The first-order chi connectivity index (χ1) is 14.1. The lowest BCUT2D eigenvalue weighted by Gasteiger charge is -2.33. The van der Waals surface area contributed by atoms with Crippen LogP contribution in [0, 0.1) is 5.82 Å². The highest BCUT2D eigenvalue weighted by Crippen LogP contribution is 2.24. The van der Waals surface area contributed by atoms with E-state index in [1.54, 1.807) is 18.2 Å². The van der Waals surface area contributed by atoms with Crippen LogP contribution >= 0.6 is 0 Å². The zero-order valence-electron chi connectivity index (χ0n) is 16.1. The molecule has 4 rings (SSSR count). The van der Waals surface area contributed by atoms with Crippen LogP contribution in [0.4, 0.5) is 10.1 Å². The highest BCUT2D eigenvalue weighted by molar-refractivity contribution is 5.92. The Morgan fingerprint density at radius 3 is 2.86 bits per heavy atom. The molecule has 1 saturated heterocycles. The second-order valence-electron chi connectivity index (χ2n) is 7.37. The number of hydrogen-bond acceptors (Lipinski definition) is 4. The van der Waals surface area contributed by atoms with Crippen LogP contribution in [0.15, 0.2) is 42.5 Å². The molecule has 29 heavy (non-hydrogen) atoms. The highest BCUT2D eigenvalue weighted by Gasteiger charge is 2.29. The summed E-state index contributed by atoms with van der Waals surface area (Å²) >= 11 is 0. The molecule has 0 aliphatic carbocycles. The summed E-state index contributed by atoms with van der Waals surface area (Å²) in [6.07, 6.45) is 0.305. The average molecular weight is 397 g/mol. The summed E-state index contributed by atoms with van der Waals surface area (Å²) in [4.78, 5) is 26.8. The van der Waals surface area contributed by atoms with Gasteiger partial charge in [0.2, 0.25) is 5.91 Å². The largest absolute Gasteiger partial charge is 0.366 e. The number of anilines is 1. The molecular formula is C22H24FN3O3. The summed E-state index contributed by atoms with van der Waals surface area (Å²) in [6.45, 7) is 2.99. The van der Waals surface area contributed by atoms with Gasteiger partial charge in [0.05, 0.1) is 13.0 Å². The van der Waals surface area contributed by atoms with Gasteiger partial charge in [-0.3, -0.25) is 9.59 Å². The van der Waals surface area contributed by atoms with E-state index in [2.05, 4.69) is 10.6 Å². The normalized spacial score (nSPS) is 18.8. The van der Waals surface area contributed by atoms with Gasteiger partial charge in [0.25, 0.3) is 5.91 Å². The summed E-state index contributed by atoms with van der Waals surface area (Å²) in [7, 11) is 0. The molecule has 0 bridgehead atoms. The Morgan fingerprint density at radius 2 is 2.07 bits per heavy atom. The number of ether oxygens (including phenoxy) is 1. The van der Waals surface area contributed by atoms with Gasteiger partial charge >= 0.3 is 0 Å². The van der Waals surface area contributed by atoms with Crippen molar-refractivity contribution in [2.75, 3.05) is 31.6 Å². The van der Waals surface area contributed by atoms with Crippen LogP contribution in [0.1, 0.15) is 16.7 Å². The Labute approximate surface area is 169 Å². The minimum absolute atomic E-state index is 0.00292. The Balaban J connectivity index is 1.41. The zero-order valence-corrected chi connectivity index (χ0v) is 16.1. The van der Waals surface area contributed by atoms with Crippen LogP contribution in [0.3, 0.4) is 0 Å². The van der Waals surface area contributed by atoms with E-state index in [1.807, 2.05) is 23.1 Å².